The van der Waals surface area contributed by atoms with Crippen molar-refractivity contribution in [1.82, 2.24) is 10.6 Å². The first-order chi connectivity index (χ1) is 7.68. The Morgan fingerprint density at radius 1 is 0.875 bits per heavy atom. The van der Waals surface area contributed by atoms with Gasteiger partial charge in [-0.25, -0.2) is 0 Å². The van der Waals surface area contributed by atoms with E-state index in [0.717, 1.165) is 26.2 Å². The standard InChI is InChI=1S/C8H21NSi.C4H10N2/c1-4-7-10(9,6-3)8-5-2;1-2-6-4-3-5-1/h4-9H2,1-3H3;5-6H,1-4H2. The summed E-state index contributed by atoms with van der Waals surface area (Å²) in [5.74, 6) is 0. The smallest absolute Gasteiger partial charge is 0.122 e. The van der Waals surface area contributed by atoms with Crippen LogP contribution in [0.15, 0.2) is 0 Å². The molecule has 4 N–H and O–H groups in total. The van der Waals surface area contributed by atoms with E-state index in [9.17, 15) is 0 Å². The summed E-state index contributed by atoms with van der Waals surface area (Å²) in [5, 5.41) is 12.7. The topological polar surface area (TPSA) is 50.1 Å². The van der Waals surface area contributed by atoms with E-state index in [-0.39, 0.29) is 0 Å². The zero-order valence-electron chi connectivity index (χ0n) is 11.4. The lowest BCUT2D eigenvalue weighted by molar-refractivity contribution is 0.534. The Morgan fingerprint density at radius 3 is 1.44 bits per heavy atom. The lowest BCUT2D eigenvalue weighted by atomic mass is 10.4. The molecule has 1 heterocycles. The van der Waals surface area contributed by atoms with Crippen LogP contribution in [0.25, 0.3) is 0 Å². The summed E-state index contributed by atoms with van der Waals surface area (Å²) in [6, 6.07) is 3.89. The normalized spacial score (nSPS) is 16.5. The summed E-state index contributed by atoms with van der Waals surface area (Å²) in [5.41, 5.74) is 0. The van der Waals surface area contributed by atoms with E-state index < -0.39 is 8.24 Å². The second kappa shape index (κ2) is 10.3. The van der Waals surface area contributed by atoms with Gasteiger partial charge in [0.2, 0.25) is 0 Å². The molecule has 0 saturated carbocycles. The van der Waals surface area contributed by atoms with Gasteiger partial charge in [-0.2, -0.15) is 0 Å². The van der Waals surface area contributed by atoms with E-state index in [0.29, 0.717) is 0 Å². The zero-order chi connectivity index (χ0) is 12.3. The lowest BCUT2D eigenvalue weighted by Gasteiger charge is -2.23. The molecule has 16 heavy (non-hydrogen) atoms. The minimum Gasteiger partial charge on any atom is -0.351 e. The summed E-state index contributed by atoms with van der Waals surface area (Å²) in [4.78, 5) is 0. The fourth-order valence-corrected chi connectivity index (χ4v) is 5.03. The van der Waals surface area contributed by atoms with Gasteiger partial charge < -0.3 is 16.0 Å². The van der Waals surface area contributed by atoms with Gasteiger partial charge in [0.15, 0.2) is 0 Å². The second-order valence-electron chi connectivity index (χ2n) is 4.72. The van der Waals surface area contributed by atoms with Crippen molar-refractivity contribution in [2.45, 2.75) is 51.7 Å². The maximum Gasteiger partial charge on any atom is 0.122 e. The third-order valence-corrected chi connectivity index (χ3v) is 7.56. The largest absolute Gasteiger partial charge is 0.351 e. The zero-order valence-corrected chi connectivity index (χ0v) is 12.4. The first-order valence-corrected chi connectivity index (χ1v) is 9.58. The fourth-order valence-electron chi connectivity index (χ4n) is 2.08. The van der Waals surface area contributed by atoms with E-state index in [1.165, 1.54) is 31.0 Å². The van der Waals surface area contributed by atoms with Crippen LogP contribution in [0.1, 0.15) is 33.6 Å². The van der Waals surface area contributed by atoms with E-state index in [4.69, 9.17) is 5.40 Å². The molecule has 0 atom stereocenters. The SMILES string of the molecule is C1CNCCN1.CCC[Si](N)(CC)CCC. The van der Waals surface area contributed by atoms with Gasteiger partial charge in [-0.05, 0) is 18.1 Å². The summed E-state index contributed by atoms with van der Waals surface area (Å²) in [6.45, 7) is 11.3. The first-order valence-electron chi connectivity index (χ1n) is 6.88. The molecule has 4 heteroatoms. The van der Waals surface area contributed by atoms with Crippen molar-refractivity contribution in [3.63, 3.8) is 0 Å². The minimum absolute atomic E-state index is 1.14. The summed E-state index contributed by atoms with van der Waals surface area (Å²) in [6.07, 6.45) is 2.55. The number of hydrogen-bond donors (Lipinski definition) is 3. The van der Waals surface area contributed by atoms with Gasteiger partial charge in [0, 0.05) is 26.2 Å². The molecule has 1 rings (SSSR count). The molecule has 1 aliphatic heterocycles. The van der Waals surface area contributed by atoms with Gasteiger partial charge >= 0.3 is 0 Å². The van der Waals surface area contributed by atoms with E-state index in [1.807, 2.05) is 0 Å². The molecule has 0 bridgehead atoms. The van der Waals surface area contributed by atoms with Crippen LogP contribution in [0.4, 0.5) is 0 Å². The van der Waals surface area contributed by atoms with Gasteiger partial charge in [0.05, 0.1) is 0 Å². The Hall–Kier alpha value is 0.0969. The highest BCUT2D eigenvalue weighted by Gasteiger charge is 2.22. The number of rotatable bonds is 5. The monoisotopic (exact) mass is 245 g/mol. The molecule has 0 aromatic heterocycles. The third-order valence-electron chi connectivity index (χ3n) is 3.16. The van der Waals surface area contributed by atoms with Gasteiger partial charge in [-0.1, -0.05) is 33.6 Å². The van der Waals surface area contributed by atoms with Gasteiger partial charge in [-0.15, -0.1) is 0 Å². The van der Waals surface area contributed by atoms with Crippen molar-refractivity contribution >= 4 is 8.24 Å². The van der Waals surface area contributed by atoms with Crippen LogP contribution in [0, 0.1) is 0 Å². The molecule has 0 aromatic rings. The van der Waals surface area contributed by atoms with Crippen molar-refractivity contribution in [1.29, 1.82) is 0 Å². The van der Waals surface area contributed by atoms with Gasteiger partial charge in [-0.3, -0.25) is 0 Å². The number of nitrogens with two attached hydrogens (primary N) is 1. The Labute approximate surface area is 103 Å². The van der Waals surface area contributed by atoms with Crippen LogP contribution in [0.2, 0.25) is 18.1 Å². The van der Waals surface area contributed by atoms with Crippen molar-refractivity contribution < 1.29 is 0 Å². The molecule has 3 nitrogen and oxygen atoms in total. The van der Waals surface area contributed by atoms with Crippen LogP contribution in [-0.2, 0) is 0 Å². The van der Waals surface area contributed by atoms with Crippen molar-refractivity contribution in [2.24, 2.45) is 5.40 Å². The molecular formula is C12H31N3Si. The molecule has 98 valence electrons. The van der Waals surface area contributed by atoms with Crippen molar-refractivity contribution in [2.75, 3.05) is 26.2 Å². The van der Waals surface area contributed by atoms with Gasteiger partial charge in [0.1, 0.15) is 8.24 Å². The predicted octanol–water partition coefficient (Wildman–Crippen LogP) is 1.91. The first kappa shape index (κ1) is 16.1. The lowest BCUT2D eigenvalue weighted by Crippen LogP contribution is -2.44. The third kappa shape index (κ3) is 8.27. The van der Waals surface area contributed by atoms with Crippen molar-refractivity contribution in [3.05, 3.63) is 0 Å². The Kier molecular flexibility index (Phi) is 10.3. The quantitative estimate of drug-likeness (QED) is 0.649. The molecule has 1 aliphatic rings. The van der Waals surface area contributed by atoms with Crippen LogP contribution in [-0.4, -0.2) is 34.4 Å². The van der Waals surface area contributed by atoms with Crippen molar-refractivity contribution in [3.8, 4) is 0 Å². The van der Waals surface area contributed by atoms with E-state index in [1.54, 1.807) is 0 Å². The van der Waals surface area contributed by atoms with E-state index >= 15 is 0 Å². The molecule has 0 aromatic carbocycles. The Morgan fingerprint density at radius 2 is 1.25 bits per heavy atom. The van der Waals surface area contributed by atoms with Crippen LogP contribution >= 0.6 is 0 Å². The summed E-state index contributed by atoms with van der Waals surface area (Å²) in [7, 11) is -1.22. The molecule has 0 radical (unpaired) electrons. The molecule has 1 saturated heterocycles. The van der Waals surface area contributed by atoms with Crippen LogP contribution in [0.3, 0.4) is 0 Å². The Balaban J connectivity index is 0.000000315. The number of nitrogens with one attached hydrogen (secondary N) is 2. The Bertz CT molecular complexity index is 132. The molecule has 0 unspecified atom stereocenters. The average molecular weight is 245 g/mol. The highest BCUT2D eigenvalue weighted by molar-refractivity contribution is 6.76. The molecule has 0 aliphatic carbocycles. The minimum atomic E-state index is -1.22. The summed E-state index contributed by atoms with van der Waals surface area (Å²) < 4.78 is 0. The van der Waals surface area contributed by atoms with Crippen LogP contribution in [0.5, 0.6) is 0 Å². The maximum absolute atomic E-state index is 6.26. The molecule has 1 fully saturated rings. The maximum atomic E-state index is 6.26. The predicted molar refractivity (Wildman–Crippen MR) is 76.4 cm³/mol. The highest BCUT2D eigenvalue weighted by Crippen LogP contribution is 2.17. The van der Waals surface area contributed by atoms with E-state index in [2.05, 4.69) is 31.4 Å². The number of hydrogen-bond acceptors (Lipinski definition) is 3. The number of piperazine rings is 1. The molecular weight excluding hydrogens is 214 g/mol. The highest BCUT2D eigenvalue weighted by atomic mass is 28.3. The fraction of sp³-hybridized carbons (Fsp3) is 1.00. The molecule has 0 spiro atoms. The van der Waals surface area contributed by atoms with Gasteiger partial charge in [0.25, 0.3) is 0 Å². The average Bonchev–Trinajstić information content (AvgIpc) is 2.33. The molecule has 0 amide bonds. The second-order valence-corrected chi connectivity index (χ2v) is 9.15. The summed E-state index contributed by atoms with van der Waals surface area (Å²) >= 11 is 0. The van der Waals surface area contributed by atoms with Crippen LogP contribution < -0.4 is 16.0 Å².